The molecule has 0 spiro atoms. The minimum absolute atomic E-state index is 0.162. The number of nitrogens with zero attached hydrogens (tertiary/aromatic N) is 1. The first kappa shape index (κ1) is 13.4. The van der Waals surface area contributed by atoms with Crippen LogP contribution in [0.3, 0.4) is 0 Å². The van der Waals surface area contributed by atoms with Crippen LogP contribution in [0.5, 0.6) is 0 Å². The van der Waals surface area contributed by atoms with E-state index in [-0.39, 0.29) is 5.82 Å². The standard InChI is InChI=1S/C16H16ClFN2/c1-10-5-6-19-16(17)15(10)20-14-8-12(9-14)11-3-2-4-13(18)7-11/h2-7,12,14,20H,8-9H2,1H3. The Morgan fingerprint density at radius 1 is 1.30 bits per heavy atom. The van der Waals surface area contributed by atoms with Crippen LogP contribution in [0.25, 0.3) is 0 Å². The topological polar surface area (TPSA) is 24.9 Å². The van der Waals surface area contributed by atoms with Gasteiger partial charge in [0.05, 0.1) is 5.69 Å². The summed E-state index contributed by atoms with van der Waals surface area (Å²) in [7, 11) is 0. The van der Waals surface area contributed by atoms with Crippen molar-refractivity contribution in [3.05, 3.63) is 58.6 Å². The molecule has 1 N–H and O–H groups in total. The van der Waals surface area contributed by atoms with Gasteiger partial charge < -0.3 is 5.32 Å². The van der Waals surface area contributed by atoms with Gasteiger partial charge in [0.1, 0.15) is 5.82 Å². The van der Waals surface area contributed by atoms with Gasteiger partial charge in [0.15, 0.2) is 5.15 Å². The summed E-state index contributed by atoms with van der Waals surface area (Å²) in [5.74, 6) is 0.268. The highest BCUT2D eigenvalue weighted by Crippen LogP contribution is 2.39. The maximum absolute atomic E-state index is 13.2. The molecule has 0 radical (unpaired) electrons. The third-order valence-electron chi connectivity index (χ3n) is 3.92. The Hall–Kier alpha value is -1.61. The van der Waals surface area contributed by atoms with Gasteiger partial charge in [0.25, 0.3) is 0 Å². The predicted octanol–water partition coefficient (Wildman–Crippen LogP) is 4.54. The Morgan fingerprint density at radius 2 is 2.10 bits per heavy atom. The van der Waals surface area contributed by atoms with E-state index in [0.717, 1.165) is 29.7 Å². The van der Waals surface area contributed by atoms with Gasteiger partial charge in [-0.3, -0.25) is 0 Å². The number of hydrogen-bond acceptors (Lipinski definition) is 2. The lowest BCUT2D eigenvalue weighted by molar-refractivity contribution is 0.373. The number of halogens is 2. The number of aryl methyl sites for hydroxylation is 1. The molecule has 3 rings (SSSR count). The molecule has 1 aromatic heterocycles. The molecule has 0 aliphatic heterocycles. The second-order valence-corrected chi connectivity index (χ2v) is 5.72. The Balaban J connectivity index is 1.64. The van der Waals surface area contributed by atoms with Crippen LogP contribution in [0.15, 0.2) is 36.5 Å². The van der Waals surface area contributed by atoms with Gasteiger partial charge in [-0.15, -0.1) is 0 Å². The van der Waals surface area contributed by atoms with Crippen LogP contribution in [-0.2, 0) is 0 Å². The van der Waals surface area contributed by atoms with Crippen LogP contribution < -0.4 is 5.32 Å². The molecule has 2 nitrogen and oxygen atoms in total. The largest absolute Gasteiger partial charge is 0.380 e. The number of hydrogen-bond donors (Lipinski definition) is 1. The van der Waals surface area contributed by atoms with E-state index >= 15 is 0 Å². The molecule has 0 bridgehead atoms. The molecule has 1 aliphatic carbocycles. The fourth-order valence-electron chi connectivity index (χ4n) is 2.67. The van der Waals surface area contributed by atoms with E-state index in [1.165, 1.54) is 6.07 Å². The van der Waals surface area contributed by atoms with Crippen LogP contribution in [0, 0.1) is 12.7 Å². The third kappa shape index (κ3) is 2.63. The van der Waals surface area contributed by atoms with Gasteiger partial charge >= 0.3 is 0 Å². The average Bonchev–Trinajstić information content (AvgIpc) is 2.36. The lowest BCUT2D eigenvalue weighted by Crippen LogP contribution is -2.34. The van der Waals surface area contributed by atoms with E-state index in [1.54, 1.807) is 18.3 Å². The van der Waals surface area contributed by atoms with Crippen molar-refractivity contribution < 1.29 is 4.39 Å². The highest BCUT2D eigenvalue weighted by molar-refractivity contribution is 6.32. The first-order chi connectivity index (χ1) is 9.63. The summed E-state index contributed by atoms with van der Waals surface area (Å²) < 4.78 is 13.2. The third-order valence-corrected chi connectivity index (χ3v) is 4.21. The normalized spacial score (nSPS) is 21.4. The quantitative estimate of drug-likeness (QED) is 0.840. The molecule has 0 atom stereocenters. The van der Waals surface area contributed by atoms with Crippen molar-refractivity contribution >= 4 is 17.3 Å². The van der Waals surface area contributed by atoms with E-state index in [0.29, 0.717) is 17.1 Å². The summed E-state index contributed by atoms with van der Waals surface area (Å²) in [5.41, 5.74) is 3.09. The zero-order valence-electron chi connectivity index (χ0n) is 11.2. The SMILES string of the molecule is Cc1ccnc(Cl)c1NC1CC(c2cccc(F)c2)C1. The van der Waals surface area contributed by atoms with Gasteiger partial charge in [-0.05, 0) is 55.0 Å². The minimum atomic E-state index is -0.162. The summed E-state index contributed by atoms with van der Waals surface area (Å²) in [5, 5.41) is 3.95. The monoisotopic (exact) mass is 290 g/mol. The minimum Gasteiger partial charge on any atom is -0.380 e. The van der Waals surface area contributed by atoms with Gasteiger partial charge in [0.2, 0.25) is 0 Å². The van der Waals surface area contributed by atoms with Crippen molar-refractivity contribution in [2.24, 2.45) is 0 Å². The van der Waals surface area contributed by atoms with Crippen LogP contribution in [0.2, 0.25) is 5.15 Å². The molecule has 1 heterocycles. The molecule has 1 saturated carbocycles. The summed E-state index contributed by atoms with van der Waals surface area (Å²) in [6.45, 7) is 2.01. The molecular weight excluding hydrogens is 275 g/mol. The van der Waals surface area contributed by atoms with E-state index in [9.17, 15) is 4.39 Å². The van der Waals surface area contributed by atoms with Gasteiger partial charge in [-0.25, -0.2) is 9.37 Å². The van der Waals surface area contributed by atoms with Crippen molar-refractivity contribution in [2.75, 3.05) is 5.32 Å². The summed E-state index contributed by atoms with van der Waals surface area (Å²) in [6.07, 6.45) is 3.70. The average molecular weight is 291 g/mol. The molecule has 1 aromatic carbocycles. The van der Waals surface area contributed by atoms with Gasteiger partial charge in [-0.2, -0.15) is 0 Å². The fraction of sp³-hybridized carbons (Fsp3) is 0.312. The molecule has 1 fully saturated rings. The molecule has 20 heavy (non-hydrogen) atoms. The number of benzene rings is 1. The first-order valence-electron chi connectivity index (χ1n) is 6.76. The van der Waals surface area contributed by atoms with E-state index in [1.807, 2.05) is 19.1 Å². The number of nitrogens with one attached hydrogen (secondary N) is 1. The number of rotatable bonds is 3. The Morgan fingerprint density at radius 3 is 2.80 bits per heavy atom. The van der Waals surface area contributed by atoms with Crippen molar-refractivity contribution in [2.45, 2.75) is 31.7 Å². The molecule has 0 saturated heterocycles. The Bertz CT molecular complexity index is 603. The Labute approximate surface area is 123 Å². The van der Waals surface area contributed by atoms with Crippen molar-refractivity contribution in [3.63, 3.8) is 0 Å². The van der Waals surface area contributed by atoms with Gasteiger partial charge in [-0.1, -0.05) is 23.7 Å². The summed E-state index contributed by atoms with van der Waals surface area (Å²) in [4.78, 5) is 4.09. The number of aromatic nitrogens is 1. The predicted molar refractivity (Wildman–Crippen MR) is 79.8 cm³/mol. The van der Waals surface area contributed by atoms with Crippen LogP contribution in [-0.4, -0.2) is 11.0 Å². The van der Waals surface area contributed by atoms with Crippen LogP contribution in [0.1, 0.15) is 29.9 Å². The maximum Gasteiger partial charge on any atom is 0.152 e. The molecule has 2 aromatic rings. The lowest BCUT2D eigenvalue weighted by Gasteiger charge is -2.37. The van der Waals surface area contributed by atoms with E-state index in [2.05, 4.69) is 10.3 Å². The molecule has 1 aliphatic rings. The van der Waals surface area contributed by atoms with Crippen molar-refractivity contribution in [1.29, 1.82) is 0 Å². The fourth-order valence-corrected chi connectivity index (χ4v) is 2.93. The second-order valence-electron chi connectivity index (χ2n) is 5.36. The highest BCUT2D eigenvalue weighted by Gasteiger charge is 2.31. The summed E-state index contributed by atoms with van der Waals surface area (Å²) >= 11 is 6.11. The molecule has 4 heteroatoms. The molecule has 0 amide bonds. The molecular formula is C16H16ClFN2. The smallest absolute Gasteiger partial charge is 0.152 e. The van der Waals surface area contributed by atoms with Crippen molar-refractivity contribution in [1.82, 2.24) is 4.98 Å². The second kappa shape index (κ2) is 5.41. The molecule has 0 unspecified atom stereocenters. The summed E-state index contributed by atoms with van der Waals surface area (Å²) in [6, 6.07) is 9.19. The lowest BCUT2D eigenvalue weighted by atomic mass is 9.76. The van der Waals surface area contributed by atoms with E-state index in [4.69, 9.17) is 11.6 Å². The van der Waals surface area contributed by atoms with Crippen LogP contribution in [0.4, 0.5) is 10.1 Å². The first-order valence-corrected chi connectivity index (χ1v) is 7.14. The highest BCUT2D eigenvalue weighted by atomic mass is 35.5. The van der Waals surface area contributed by atoms with Gasteiger partial charge in [0, 0.05) is 12.2 Å². The van der Waals surface area contributed by atoms with E-state index < -0.39 is 0 Å². The van der Waals surface area contributed by atoms with Crippen molar-refractivity contribution in [3.8, 4) is 0 Å². The maximum atomic E-state index is 13.2. The zero-order valence-corrected chi connectivity index (χ0v) is 12.0. The number of pyridine rings is 1. The number of anilines is 1. The Kier molecular flexibility index (Phi) is 3.62. The van der Waals surface area contributed by atoms with Crippen LogP contribution >= 0.6 is 11.6 Å². The zero-order chi connectivity index (χ0) is 14.1. The molecule has 104 valence electrons.